The molecule has 1 unspecified atom stereocenters. The Bertz CT molecular complexity index is 566. The Morgan fingerprint density at radius 1 is 1.06 bits per heavy atom. The van der Waals surface area contributed by atoms with Gasteiger partial charge in [-0.2, -0.15) is 0 Å². The number of carbonyl (C=O) groups is 1. The first-order chi connectivity index (χ1) is 8.84. The number of anilines is 1. The van der Waals surface area contributed by atoms with Crippen LogP contribution in [0.4, 0.5) is 5.69 Å². The van der Waals surface area contributed by atoms with Gasteiger partial charge < -0.3 is 10.1 Å². The van der Waals surface area contributed by atoms with Crippen LogP contribution in [-0.2, 0) is 4.79 Å². The van der Waals surface area contributed by atoms with Gasteiger partial charge in [0.25, 0.3) is 0 Å². The minimum absolute atomic E-state index is 0.0221. The SMILES string of the molecule is O=C(Nc1ccccc1)C1COc2ccccc21. The highest BCUT2D eigenvalue weighted by atomic mass is 16.5. The molecular weight excluding hydrogens is 226 g/mol. The molecule has 1 amide bonds. The van der Waals surface area contributed by atoms with Crippen LogP contribution in [-0.4, -0.2) is 12.5 Å². The van der Waals surface area contributed by atoms with E-state index >= 15 is 0 Å². The van der Waals surface area contributed by atoms with Crippen LogP contribution in [0.5, 0.6) is 5.75 Å². The van der Waals surface area contributed by atoms with Gasteiger partial charge >= 0.3 is 0 Å². The molecule has 90 valence electrons. The quantitative estimate of drug-likeness (QED) is 0.875. The summed E-state index contributed by atoms with van der Waals surface area (Å²) in [5.74, 6) is 0.568. The standard InChI is InChI=1S/C15H13NO2/c17-15(16-11-6-2-1-3-7-11)13-10-18-14-9-5-4-8-12(13)14/h1-9,13H,10H2,(H,16,17). The van der Waals surface area contributed by atoms with Crippen molar-refractivity contribution in [3.63, 3.8) is 0 Å². The van der Waals surface area contributed by atoms with Crippen LogP contribution in [0.25, 0.3) is 0 Å². The fourth-order valence-electron chi connectivity index (χ4n) is 2.13. The summed E-state index contributed by atoms with van der Waals surface area (Å²) in [5.41, 5.74) is 1.78. The summed E-state index contributed by atoms with van der Waals surface area (Å²) < 4.78 is 5.51. The van der Waals surface area contributed by atoms with Gasteiger partial charge in [0.15, 0.2) is 0 Å². The Balaban J connectivity index is 1.79. The Labute approximate surface area is 105 Å². The predicted molar refractivity (Wildman–Crippen MR) is 69.7 cm³/mol. The lowest BCUT2D eigenvalue weighted by Gasteiger charge is -2.09. The maximum atomic E-state index is 12.2. The Morgan fingerprint density at radius 2 is 1.78 bits per heavy atom. The van der Waals surface area contributed by atoms with Crippen LogP contribution >= 0.6 is 0 Å². The normalized spacial score (nSPS) is 16.8. The molecule has 0 saturated carbocycles. The molecule has 0 spiro atoms. The van der Waals surface area contributed by atoms with Gasteiger partial charge in [-0.25, -0.2) is 0 Å². The number of rotatable bonds is 2. The third kappa shape index (κ3) is 1.95. The second-order valence-electron chi connectivity index (χ2n) is 4.26. The lowest BCUT2D eigenvalue weighted by Crippen LogP contribution is -2.22. The topological polar surface area (TPSA) is 38.3 Å². The van der Waals surface area contributed by atoms with Crippen molar-refractivity contribution in [2.75, 3.05) is 11.9 Å². The summed E-state index contributed by atoms with van der Waals surface area (Å²) in [7, 11) is 0. The van der Waals surface area contributed by atoms with Crippen molar-refractivity contribution in [2.45, 2.75) is 5.92 Å². The van der Waals surface area contributed by atoms with Gasteiger partial charge in [-0.15, -0.1) is 0 Å². The minimum Gasteiger partial charge on any atom is -0.492 e. The van der Waals surface area contributed by atoms with E-state index in [4.69, 9.17) is 4.74 Å². The first kappa shape index (κ1) is 10.8. The van der Waals surface area contributed by atoms with Crippen molar-refractivity contribution in [1.29, 1.82) is 0 Å². The number of nitrogens with one attached hydrogen (secondary N) is 1. The van der Waals surface area contributed by atoms with E-state index in [1.807, 2.05) is 54.6 Å². The molecule has 0 aromatic heterocycles. The molecule has 2 aromatic carbocycles. The third-order valence-corrected chi connectivity index (χ3v) is 3.06. The summed E-state index contributed by atoms with van der Waals surface area (Å²) in [6.07, 6.45) is 0. The van der Waals surface area contributed by atoms with E-state index < -0.39 is 0 Å². The maximum Gasteiger partial charge on any atom is 0.235 e. The maximum absolute atomic E-state index is 12.2. The number of benzene rings is 2. The van der Waals surface area contributed by atoms with E-state index in [0.717, 1.165) is 17.0 Å². The number of carbonyl (C=O) groups excluding carboxylic acids is 1. The van der Waals surface area contributed by atoms with Crippen LogP contribution in [0, 0.1) is 0 Å². The highest BCUT2D eigenvalue weighted by Crippen LogP contribution is 2.34. The number of para-hydroxylation sites is 2. The van der Waals surface area contributed by atoms with Crippen molar-refractivity contribution in [3.05, 3.63) is 60.2 Å². The third-order valence-electron chi connectivity index (χ3n) is 3.06. The van der Waals surface area contributed by atoms with Gasteiger partial charge in [0.05, 0.1) is 0 Å². The number of hydrogen-bond donors (Lipinski definition) is 1. The second-order valence-corrected chi connectivity index (χ2v) is 4.26. The fraction of sp³-hybridized carbons (Fsp3) is 0.133. The number of ether oxygens (including phenoxy) is 1. The highest BCUT2D eigenvalue weighted by molar-refractivity contribution is 5.96. The van der Waals surface area contributed by atoms with Gasteiger partial charge in [0.2, 0.25) is 5.91 Å². The fourth-order valence-corrected chi connectivity index (χ4v) is 2.13. The molecule has 0 bridgehead atoms. The number of fused-ring (bicyclic) bond motifs is 1. The van der Waals surface area contributed by atoms with Gasteiger partial charge in [-0.1, -0.05) is 36.4 Å². The van der Waals surface area contributed by atoms with Crippen LogP contribution in [0.1, 0.15) is 11.5 Å². The van der Waals surface area contributed by atoms with Crippen molar-refractivity contribution in [1.82, 2.24) is 0 Å². The zero-order valence-electron chi connectivity index (χ0n) is 9.80. The van der Waals surface area contributed by atoms with Gasteiger partial charge in [0, 0.05) is 11.3 Å². The zero-order chi connectivity index (χ0) is 12.4. The van der Waals surface area contributed by atoms with Crippen molar-refractivity contribution in [2.24, 2.45) is 0 Å². The lowest BCUT2D eigenvalue weighted by molar-refractivity contribution is -0.117. The molecule has 0 radical (unpaired) electrons. The first-order valence-corrected chi connectivity index (χ1v) is 5.92. The largest absolute Gasteiger partial charge is 0.492 e. The number of hydrogen-bond acceptors (Lipinski definition) is 2. The van der Waals surface area contributed by atoms with Crippen LogP contribution < -0.4 is 10.1 Å². The summed E-state index contributed by atoms with van der Waals surface area (Å²) in [6, 6.07) is 17.1. The highest BCUT2D eigenvalue weighted by Gasteiger charge is 2.29. The second kappa shape index (κ2) is 4.53. The molecule has 0 fully saturated rings. The molecule has 3 heteroatoms. The number of amides is 1. The average molecular weight is 239 g/mol. The predicted octanol–water partition coefficient (Wildman–Crippen LogP) is 2.80. The van der Waals surface area contributed by atoms with Crippen molar-refractivity contribution >= 4 is 11.6 Å². The lowest BCUT2D eigenvalue weighted by atomic mass is 10.0. The molecule has 1 atom stereocenters. The van der Waals surface area contributed by atoms with Crippen molar-refractivity contribution in [3.8, 4) is 5.75 Å². The first-order valence-electron chi connectivity index (χ1n) is 5.92. The van der Waals surface area contributed by atoms with Gasteiger partial charge in [-0.05, 0) is 18.2 Å². The summed E-state index contributed by atoms with van der Waals surface area (Å²) >= 11 is 0. The molecule has 1 heterocycles. The van der Waals surface area contributed by atoms with E-state index in [1.165, 1.54) is 0 Å². The molecule has 3 rings (SSSR count). The van der Waals surface area contributed by atoms with E-state index in [0.29, 0.717) is 6.61 Å². The van der Waals surface area contributed by atoms with Gasteiger partial charge in [-0.3, -0.25) is 4.79 Å². The van der Waals surface area contributed by atoms with E-state index in [1.54, 1.807) is 0 Å². The molecule has 2 aromatic rings. The smallest absolute Gasteiger partial charge is 0.235 e. The van der Waals surface area contributed by atoms with E-state index in [-0.39, 0.29) is 11.8 Å². The molecule has 0 saturated heterocycles. The Morgan fingerprint density at radius 3 is 2.61 bits per heavy atom. The molecule has 0 aliphatic carbocycles. The summed E-state index contributed by atoms with van der Waals surface area (Å²) in [4.78, 5) is 12.2. The molecule has 1 aliphatic heterocycles. The average Bonchev–Trinajstić information content (AvgIpc) is 2.84. The zero-order valence-corrected chi connectivity index (χ0v) is 9.80. The monoisotopic (exact) mass is 239 g/mol. The van der Waals surface area contributed by atoms with Gasteiger partial charge in [0.1, 0.15) is 18.3 Å². The van der Waals surface area contributed by atoms with Crippen LogP contribution in [0.2, 0.25) is 0 Å². The molecule has 1 N–H and O–H groups in total. The van der Waals surface area contributed by atoms with Crippen molar-refractivity contribution < 1.29 is 9.53 Å². The van der Waals surface area contributed by atoms with Crippen LogP contribution in [0.3, 0.4) is 0 Å². The molecule has 18 heavy (non-hydrogen) atoms. The summed E-state index contributed by atoms with van der Waals surface area (Å²) in [6.45, 7) is 0.415. The molecular formula is C15H13NO2. The Kier molecular flexibility index (Phi) is 2.73. The Hall–Kier alpha value is -2.29. The molecule has 1 aliphatic rings. The molecule has 3 nitrogen and oxygen atoms in total. The minimum atomic E-state index is -0.221. The van der Waals surface area contributed by atoms with E-state index in [9.17, 15) is 4.79 Å². The van der Waals surface area contributed by atoms with E-state index in [2.05, 4.69) is 5.32 Å². The van der Waals surface area contributed by atoms with Crippen LogP contribution in [0.15, 0.2) is 54.6 Å². The summed E-state index contributed by atoms with van der Waals surface area (Å²) in [5, 5.41) is 2.91.